The average Bonchev–Trinajstić information content (AvgIpc) is 2.66. The predicted octanol–water partition coefficient (Wildman–Crippen LogP) is 1.18. The van der Waals surface area contributed by atoms with Crippen molar-refractivity contribution in [1.82, 2.24) is 9.88 Å². The second-order valence-corrected chi connectivity index (χ2v) is 3.98. The molecule has 2 heterocycles. The Kier molecular flexibility index (Phi) is 2.73. The molecule has 0 saturated carbocycles. The van der Waals surface area contributed by atoms with Gasteiger partial charge in [-0.05, 0) is 26.4 Å². The number of hydrogen-bond acceptors (Lipinski definition) is 4. The van der Waals surface area contributed by atoms with E-state index in [1.165, 1.54) is 6.26 Å². The molecule has 2 rings (SSSR count). The molecule has 0 amide bonds. The van der Waals surface area contributed by atoms with Gasteiger partial charge in [-0.15, -0.1) is 0 Å². The van der Waals surface area contributed by atoms with Gasteiger partial charge in [0.15, 0.2) is 11.6 Å². The molecule has 1 aromatic rings. The Balaban J connectivity index is 2.11. The molecule has 1 saturated heterocycles. The lowest BCUT2D eigenvalue weighted by atomic mass is 9.98. The van der Waals surface area contributed by atoms with Crippen LogP contribution in [0, 0.1) is 0 Å². The van der Waals surface area contributed by atoms with Crippen LogP contribution in [-0.4, -0.2) is 41.1 Å². The number of carboxylic acid groups (broad SMARTS) is 1. The molecule has 1 N–H and O–H groups in total. The molecule has 1 fully saturated rings. The van der Waals surface area contributed by atoms with Crippen LogP contribution in [0.25, 0.3) is 0 Å². The summed E-state index contributed by atoms with van der Waals surface area (Å²) in [6.45, 7) is 1.97. The Hall–Kier alpha value is -1.36. The van der Waals surface area contributed by atoms with Gasteiger partial charge >= 0.3 is 5.97 Å². The van der Waals surface area contributed by atoms with E-state index in [-0.39, 0.29) is 11.6 Å². The van der Waals surface area contributed by atoms with Crippen molar-refractivity contribution in [3.63, 3.8) is 0 Å². The maximum absolute atomic E-state index is 10.6. The highest BCUT2D eigenvalue weighted by Gasteiger charge is 2.24. The summed E-state index contributed by atoms with van der Waals surface area (Å²) in [7, 11) is 2.05. The van der Waals surface area contributed by atoms with Crippen LogP contribution in [0.4, 0.5) is 0 Å². The number of oxazole rings is 1. The fourth-order valence-electron chi connectivity index (χ4n) is 1.94. The van der Waals surface area contributed by atoms with Crippen LogP contribution in [0.1, 0.15) is 35.1 Å². The smallest absolute Gasteiger partial charge is 0.357 e. The van der Waals surface area contributed by atoms with Gasteiger partial charge in [-0.3, -0.25) is 0 Å². The molecule has 1 aromatic heterocycles. The van der Waals surface area contributed by atoms with Crippen LogP contribution in [0.5, 0.6) is 0 Å². The first-order valence-electron chi connectivity index (χ1n) is 5.04. The molecule has 1 unspecified atom stereocenters. The fraction of sp³-hybridized carbons (Fsp3) is 0.600. The molecule has 0 radical (unpaired) electrons. The van der Waals surface area contributed by atoms with Crippen molar-refractivity contribution in [2.24, 2.45) is 0 Å². The molecule has 0 aliphatic carbocycles. The Morgan fingerprint density at radius 2 is 2.53 bits per heavy atom. The monoisotopic (exact) mass is 210 g/mol. The van der Waals surface area contributed by atoms with Crippen molar-refractivity contribution in [3.05, 3.63) is 17.8 Å². The quantitative estimate of drug-likeness (QED) is 0.794. The summed E-state index contributed by atoms with van der Waals surface area (Å²) in [5.41, 5.74) is -0.00164. The van der Waals surface area contributed by atoms with Crippen LogP contribution in [-0.2, 0) is 0 Å². The maximum atomic E-state index is 10.6. The van der Waals surface area contributed by atoms with Crippen molar-refractivity contribution >= 4 is 5.97 Å². The van der Waals surface area contributed by atoms with Gasteiger partial charge < -0.3 is 14.4 Å². The van der Waals surface area contributed by atoms with E-state index in [0.717, 1.165) is 25.9 Å². The van der Waals surface area contributed by atoms with Crippen LogP contribution < -0.4 is 0 Å². The summed E-state index contributed by atoms with van der Waals surface area (Å²) in [6.07, 6.45) is 3.34. The average molecular weight is 210 g/mol. The minimum absolute atomic E-state index is 0.00164. The molecule has 0 aromatic carbocycles. The number of likely N-dealkylation sites (N-methyl/N-ethyl adjacent to an activating group) is 1. The van der Waals surface area contributed by atoms with Crippen LogP contribution in [0.15, 0.2) is 10.7 Å². The molecule has 5 nitrogen and oxygen atoms in total. The normalized spacial score (nSPS) is 22.9. The zero-order valence-electron chi connectivity index (χ0n) is 8.64. The van der Waals surface area contributed by atoms with Gasteiger partial charge in [-0.2, -0.15) is 0 Å². The minimum atomic E-state index is -1.03. The Labute approximate surface area is 87.7 Å². The lowest BCUT2D eigenvalue weighted by Gasteiger charge is -2.27. The number of hydrogen-bond donors (Lipinski definition) is 1. The van der Waals surface area contributed by atoms with E-state index < -0.39 is 5.97 Å². The van der Waals surface area contributed by atoms with Crippen LogP contribution in [0.3, 0.4) is 0 Å². The zero-order valence-corrected chi connectivity index (χ0v) is 8.64. The first-order valence-corrected chi connectivity index (χ1v) is 5.04. The lowest BCUT2D eigenvalue weighted by molar-refractivity contribution is 0.0690. The van der Waals surface area contributed by atoms with Crippen molar-refractivity contribution in [2.75, 3.05) is 20.1 Å². The Morgan fingerprint density at radius 3 is 3.13 bits per heavy atom. The summed E-state index contributed by atoms with van der Waals surface area (Å²) in [4.78, 5) is 16.8. The standard InChI is InChI=1S/C10H14N2O3/c1-12-4-2-3-7(5-12)9-11-8(6-15-9)10(13)14/h6-7H,2-5H2,1H3,(H,13,14). The first kappa shape index (κ1) is 10.2. The van der Waals surface area contributed by atoms with Crippen molar-refractivity contribution in [3.8, 4) is 0 Å². The first-order chi connectivity index (χ1) is 7.16. The van der Waals surface area contributed by atoms with E-state index in [2.05, 4.69) is 9.88 Å². The van der Waals surface area contributed by atoms with E-state index in [1.807, 2.05) is 7.05 Å². The third-order valence-corrected chi connectivity index (χ3v) is 2.71. The minimum Gasteiger partial charge on any atom is -0.476 e. The lowest BCUT2D eigenvalue weighted by Crippen LogP contribution is -2.30. The predicted molar refractivity (Wildman–Crippen MR) is 52.9 cm³/mol. The molecule has 0 spiro atoms. The van der Waals surface area contributed by atoms with Gasteiger partial charge in [0.1, 0.15) is 6.26 Å². The third kappa shape index (κ3) is 2.18. The van der Waals surface area contributed by atoms with Crippen molar-refractivity contribution < 1.29 is 14.3 Å². The van der Waals surface area contributed by atoms with Gasteiger partial charge in [0.05, 0.1) is 0 Å². The van der Waals surface area contributed by atoms with Gasteiger partial charge in [-0.25, -0.2) is 9.78 Å². The number of aromatic nitrogens is 1. The van der Waals surface area contributed by atoms with Crippen molar-refractivity contribution in [1.29, 1.82) is 0 Å². The van der Waals surface area contributed by atoms with E-state index in [1.54, 1.807) is 0 Å². The van der Waals surface area contributed by atoms with E-state index in [4.69, 9.17) is 9.52 Å². The summed E-state index contributed by atoms with van der Waals surface area (Å²) < 4.78 is 5.20. The molecule has 1 aliphatic rings. The highest BCUT2D eigenvalue weighted by Crippen LogP contribution is 2.25. The SMILES string of the molecule is CN1CCCC(c2nc(C(=O)O)co2)C1. The number of rotatable bonds is 2. The second-order valence-electron chi connectivity index (χ2n) is 3.98. The third-order valence-electron chi connectivity index (χ3n) is 2.71. The Bertz CT molecular complexity index is 361. The molecule has 1 aliphatic heterocycles. The second kappa shape index (κ2) is 4.02. The van der Waals surface area contributed by atoms with Gasteiger partial charge in [0.2, 0.25) is 0 Å². The summed E-state index contributed by atoms with van der Waals surface area (Å²) in [5, 5.41) is 8.72. The molecular weight excluding hydrogens is 196 g/mol. The largest absolute Gasteiger partial charge is 0.476 e. The molecule has 0 bridgehead atoms. The fourth-order valence-corrected chi connectivity index (χ4v) is 1.94. The van der Waals surface area contributed by atoms with Crippen LogP contribution in [0.2, 0.25) is 0 Å². The van der Waals surface area contributed by atoms with Gasteiger partial charge in [0.25, 0.3) is 0 Å². The summed E-state index contributed by atoms with van der Waals surface area (Å²) in [6, 6.07) is 0. The maximum Gasteiger partial charge on any atom is 0.357 e. The highest BCUT2D eigenvalue weighted by atomic mass is 16.4. The van der Waals surface area contributed by atoms with Crippen LogP contribution >= 0.6 is 0 Å². The van der Waals surface area contributed by atoms with E-state index >= 15 is 0 Å². The van der Waals surface area contributed by atoms with E-state index in [0.29, 0.717) is 5.89 Å². The zero-order chi connectivity index (χ0) is 10.8. The molecule has 1 atom stereocenters. The number of carbonyl (C=O) groups is 1. The highest BCUT2D eigenvalue weighted by molar-refractivity contribution is 5.84. The molecule has 82 valence electrons. The number of piperidine rings is 1. The topological polar surface area (TPSA) is 66.6 Å². The van der Waals surface area contributed by atoms with Gasteiger partial charge in [0, 0.05) is 12.5 Å². The Morgan fingerprint density at radius 1 is 1.73 bits per heavy atom. The number of aromatic carboxylic acids is 1. The summed E-state index contributed by atoms with van der Waals surface area (Å²) in [5.74, 6) is -0.245. The molecule has 15 heavy (non-hydrogen) atoms. The molecule has 5 heteroatoms. The number of carboxylic acids is 1. The number of likely N-dealkylation sites (tertiary alicyclic amines) is 1. The molecular formula is C10H14N2O3. The number of nitrogens with zero attached hydrogens (tertiary/aromatic N) is 2. The van der Waals surface area contributed by atoms with Gasteiger partial charge in [-0.1, -0.05) is 0 Å². The summed E-state index contributed by atoms with van der Waals surface area (Å²) >= 11 is 0. The van der Waals surface area contributed by atoms with E-state index in [9.17, 15) is 4.79 Å². The van der Waals surface area contributed by atoms with Crippen molar-refractivity contribution in [2.45, 2.75) is 18.8 Å².